The van der Waals surface area contributed by atoms with Gasteiger partial charge in [-0.1, -0.05) is 20.8 Å². The first-order chi connectivity index (χ1) is 16.6. The normalized spacial score (nSPS) is 25.7. The minimum Gasteiger partial charge on any atom is -0.497 e. The van der Waals surface area contributed by atoms with E-state index in [9.17, 15) is 5.11 Å². The van der Waals surface area contributed by atoms with Crippen molar-refractivity contribution in [3.05, 3.63) is 36.0 Å². The summed E-state index contributed by atoms with van der Waals surface area (Å²) >= 11 is 2.04. The van der Waals surface area contributed by atoms with Crippen LogP contribution in [0.1, 0.15) is 51.7 Å². The Kier molecular flexibility index (Phi) is 8.53. The van der Waals surface area contributed by atoms with Gasteiger partial charge in [0.15, 0.2) is 8.32 Å². The van der Waals surface area contributed by atoms with Crippen LogP contribution in [-0.4, -0.2) is 67.7 Å². The molecule has 1 aromatic heterocycles. The van der Waals surface area contributed by atoms with E-state index < -0.39 is 14.4 Å². The molecule has 3 fully saturated rings. The Morgan fingerprint density at radius 1 is 1.23 bits per heavy atom. The Morgan fingerprint density at radius 2 is 2.03 bits per heavy atom. The van der Waals surface area contributed by atoms with Gasteiger partial charge in [0.05, 0.1) is 18.7 Å². The minimum atomic E-state index is -1.63. The summed E-state index contributed by atoms with van der Waals surface area (Å²) in [5.41, 5.74) is 1.88. The maximum absolute atomic E-state index is 11.5. The van der Waals surface area contributed by atoms with Gasteiger partial charge in [-0.25, -0.2) is 0 Å². The van der Waals surface area contributed by atoms with E-state index in [1.54, 1.807) is 7.11 Å². The van der Waals surface area contributed by atoms with Crippen LogP contribution < -0.4 is 4.74 Å². The van der Waals surface area contributed by atoms with Crippen molar-refractivity contribution in [1.29, 1.82) is 0 Å². The summed E-state index contributed by atoms with van der Waals surface area (Å²) in [6.07, 6.45) is 4.93. The smallest absolute Gasteiger partial charge is 0.192 e. The lowest BCUT2D eigenvalue weighted by atomic mass is 9.72. The van der Waals surface area contributed by atoms with Crippen molar-refractivity contribution in [1.82, 2.24) is 9.88 Å². The first-order valence-electron chi connectivity index (χ1n) is 13.2. The second-order valence-corrected chi connectivity index (χ2v) is 17.9. The average Bonchev–Trinajstić information content (AvgIpc) is 2.84. The van der Waals surface area contributed by atoms with Gasteiger partial charge in [-0.2, -0.15) is 11.8 Å². The second-order valence-electron chi connectivity index (χ2n) is 11.8. The van der Waals surface area contributed by atoms with Crippen LogP contribution in [-0.2, 0) is 4.43 Å². The van der Waals surface area contributed by atoms with Gasteiger partial charge in [0.25, 0.3) is 0 Å². The number of ether oxygens (including phenoxy) is 1. The van der Waals surface area contributed by atoms with Crippen molar-refractivity contribution >= 4 is 31.0 Å². The third kappa shape index (κ3) is 6.07. The fraction of sp³-hybridized carbons (Fsp3) is 0.679. The highest BCUT2D eigenvalue weighted by Gasteiger charge is 2.43. The minimum absolute atomic E-state index is 0.187. The van der Waals surface area contributed by atoms with Crippen LogP contribution in [0.15, 0.2) is 30.5 Å². The van der Waals surface area contributed by atoms with Crippen molar-refractivity contribution in [2.75, 3.05) is 38.3 Å². The predicted octanol–water partition coefficient (Wildman–Crippen LogP) is 6.13. The highest BCUT2D eigenvalue weighted by molar-refractivity contribution is 7.99. The zero-order valence-corrected chi connectivity index (χ0v) is 24.2. The SMILES string of the molecule is COc1ccc2nccc([C@H](O)[C@H]3C[C@@H]4CCN3C[C@@H]4CCSCCO[Si](C)(C)C(C)(C)C)c2c1. The maximum atomic E-state index is 11.5. The molecule has 2 bridgehead atoms. The molecule has 194 valence electrons. The molecule has 5 nitrogen and oxygen atoms in total. The summed E-state index contributed by atoms with van der Waals surface area (Å²) < 4.78 is 11.8. The molecule has 5 atom stereocenters. The van der Waals surface area contributed by atoms with Gasteiger partial charge in [0.1, 0.15) is 5.75 Å². The van der Waals surface area contributed by atoms with Crippen LogP contribution in [0.25, 0.3) is 10.9 Å². The lowest BCUT2D eigenvalue weighted by Crippen LogP contribution is -2.55. The van der Waals surface area contributed by atoms with Gasteiger partial charge < -0.3 is 14.3 Å². The van der Waals surface area contributed by atoms with Gasteiger partial charge in [0.2, 0.25) is 0 Å². The molecule has 0 spiro atoms. The highest BCUT2D eigenvalue weighted by Crippen LogP contribution is 2.43. The Hall–Kier alpha value is -1.12. The second kappa shape index (κ2) is 11.1. The summed E-state index contributed by atoms with van der Waals surface area (Å²) in [6.45, 7) is 14.7. The van der Waals surface area contributed by atoms with Crippen molar-refractivity contribution in [2.45, 2.75) is 70.3 Å². The van der Waals surface area contributed by atoms with E-state index in [1.807, 2.05) is 42.2 Å². The fourth-order valence-electron chi connectivity index (χ4n) is 5.48. The van der Waals surface area contributed by atoms with Crippen molar-refractivity contribution in [3.63, 3.8) is 0 Å². The molecule has 7 heteroatoms. The lowest BCUT2D eigenvalue weighted by Gasteiger charge is -2.51. The quantitative estimate of drug-likeness (QED) is 0.303. The van der Waals surface area contributed by atoms with Gasteiger partial charge in [0, 0.05) is 36.5 Å². The van der Waals surface area contributed by atoms with E-state index in [0.29, 0.717) is 5.92 Å². The molecule has 3 aliphatic rings. The molecule has 0 amide bonds. The van der Waals surface area contributed by atoms with Crippen molar-refractivity contribution < 1.29 is 14.3 Å². The fourth-order valence-corrected chi connectivity index (χ4v) is 7.55. The van der Waals surface area contributed by atoms with Crippen LogP contribution in [0.4, 0.5) is 0 Å². The Balaban J connectivity index is 1.29. The molecule has 3 saturated heterocycles. The summed E-state index contributed by atoms with van der Waals surface area (Å²) in [5, 5.41) is 12.8. The molecular formula is C28H44N2O3SSi. The van der Waals surface area contributed by atoms with Crippen molar-refractivity contribution in [2.24, 2.45) is 11.8 Å². The van der Waals surface area contributed by atoms with E-state index in [0.717, 1.165) is 60.0 Å². The topological polar surface area (TPSA) is 54.8 Å². The van der Waals surface area contributed by atoms with E-state index in [4.69, 9.17) is 9.16 Å². The third-order valence-electron chi connectivity index (χ3n) is 8.73. The standard InChI is InChI=1S/C28H44N2O3SSi/c1-28(2,3)35(5,6)33-14-16-34-15-11-21-19-30-13-10-20(21)17-26(30)27(31)23-9-12-29-25-8-7-22(32-4)18-24(23)25/h7-9,12,18,20-21,26-27,31H,10-11,13-17,19H2,1-6H3/t20-,21-,26+,27-/m0/s1. The number of aliphatic hydroxyl groups excluding tert-OH is 1. The molecule has 4 heterocycles. The van der Waals surface area contributed by atoms with Crippen LogP contribution >= 0.6 is 11.8 Å². The van der Waals surface area contributed by atoms with E-state index in [1.165, 1.54) is 18.6 Å². The Labute approximate surface area is 217 Å². The monoisotopic (exact) mass is 516 g/mol. The summed E-state index contributed by atoms with van der Waals surface area (Å²) in [4.78, 5) is 7.04. The first kappa shape index (κ1) is 26.9. The zero-order chi connectivity index (χ0) is 25.2. The molecule has 0 saturated carbocycles. The average molecular weight is 517 g/mol. The number of piperidine rings is 3. The Morgan fingerprint density at radius 3 is 2.71 bits per heavy atom. The van der Waals surface area contributed by atoms with Crippen LogP contribution in [0.3, 0.4) is 0 Å². The number of benzene rings is 1. The molecule has 3 aliphatic heterocycles. The molecule has 1 N–H and O–H groups in total. The van der Waals surface area contributed by atoms with Crippen LogP contribution in [0, 0.1) is 11.8 Å². The number of hydrogen-bond acceptors (Lipinski definition) is 6. The number of nitrogens with zero attached hydrogens (tertiary/aromatic N) is 2. The summed E-state index contributed by atoms with van der Waals surface area (Å²) in [5.74, 6) is 4.56. The molecule has 0 radical (unpaired) electrons. The van der Waals surface area contributed by atoms with Gasteiger partial charge in [-0.3, -0.25) is 9.88 Å². The number of hydrogen-bond donors (Lipinski definition) is 1. The van der Waals surface area contributed by atoms with E-state index in [-0.39, 0.29) is 11.1 Å². The van der Waals surface area contributed by atoms with Gasteiger partial charge >= 0.3 is 0 Å². The number of methoxy groups -OCH3 is 1. The maximum Gasteiger partial charge on any atom is 0.192 e. The predicted molar refractivity (Wildman–Crippen MR) is 150 cm³/mol. The number of pyridine rings is 1. The molecule has 0 aliphatic carbocycles. The first-order valence-corrected chi connectivity index (χ1v) is 17.2. The molecular weight excluding hydrogens is 472 g/mol. The van der Waals surface area contributed by atoms with Gasteiger partial charge in [-0.15, -0.1) is 0 Å². The summed E-state index contributed by atoms with van der Waals surface area (Å²) in [7, 11) is 0.0476. The number of aliphatic hydroxyl groups is 1. The van der Waals surface area contributed by atoms with E-state index >= 15 is 0 Å². The van der Waals surface area contributed by atoms with Crippen LogP contribution in [0.2, 0.25) is 18.1 Å². The third-order valence-corrected chi connectivity index (χ3v) is 14.2. The summed E-state index contributed by atoms with van der Waals surface area (Å²) in [6, 6.07) is 8.08. The molecule has 35 heavy (non-hydrogen) atoms. The molecule has 1 aromatic carbocycles. The number of fused-ring (bicyclic) bond motifs is 4. The number of rotatable bonds is 10. The van der Waals surface area contributed by atoms with Crippen LogP contribution in [0.5, 0.6) is 5.75 Å². The highest BCUT2D eigenvalue weighted by atomic mass is 32.2. The number of aromatic nitrogens is 1. The Bertz CT molecular complexity index is 996. The zero-order valence-electron chi connectivity index (χ0n) is 22.4. The number of thioether (sulfide) groups is 1. The van der Waals surface area contributed by atoms with Gasteiger partial charge in [-0.05, 0) is 91.4 Å². The van der Waals surface area contributed by atoms with E-state index in [2.05, 4.69) is 43.7 Å². The van der Waals surface area contributed by atoms with Crippen molar-refractivity contribution in [3.8, 4) is 5.75 Å². The molecule has 5 rings (SSSR count). The molecule has 2 aromatic rings. The lowest BCUT2D eigenvalue weighted by molar-refractivity contribution is -0.0559. The molecule has 1 unspecified atom stereocenters. The largest absolute Gasteiger partial charge is 0.497 e.